The van der Waals surface area contributed by atoms with Crippen molar-refractivity contribution >= 4 is 5.97 Å². The van der Waals surface area contributed by atoms with E-state index in [1.807, 2.05) is 0 Å². The third kappa shape index (κ3) is 3.30. The van der Waals surface area contributed by atoms with E-state index < -0.39 is 30.5 Å². The molecule has 0 rings (SSSR count). The van der Waals surface area contributed by atoms with Crippen molar-refractivity contribution in [3.05, 3.63) is 11.6 Å². The number of aliphatic carboxylic acids is 1. The lowest BCUT2D eigenvalue weighted by Gasteiger charge is -2.32. The van der Waals surface area contributed by atoms with Crippen LogP contribution in [0.2, 0.25) is 0 Å². The highest BCUT2D eigenvalue weighted by atomic mass is 16.4. The Labute approximate surface area is 88.7 Å². The monoisotopic (exact) mass is 218 g/mol. The fraction of sp³-hybridized carbons (Fsp3) is 0.700. The Kier molecular flexibility index (Phi) is 5.49. The first-order valence-electron chi connectivity index (χ1n) is 4.69. The molecule has 1 unspecified atom stereocenters. The van der Waals surface area contributed by atoms with Gasteiger partial charge in [0.05, 0.1) is 13.2 Å². The Morgan fingerprint density at radius 3 is 2.07 bits per heavy atom. The van der Waals surface area contributed by atoms with Gasteiger partial charge in [0.2, 0.25) is 0 Å². The van der Waals surface area contributed by atoms with Gasteiger partial charge in [-0.05, 0) is 12.8 Å². The molecule has 0 bridgehead atoms. The lowest BCUT2D eigenvalue weighted by Crippen LogP contribution is -2.37. The Bertz CT molecular complexity index is 242. The minimum atomic E-state index is -1.11. The molecule has 0 saturated heterocycles. The third-order valence-electron chi connectivity index (χ3n) is 2.69. The fourth-order valence-corrected chi connectivity index (χ4v) is 1.27. The lowest BCUT2D eigenvalue weighted by molar-refractivity contribution is -0.132. The van der Waals surface area contributed by atoms with Gasteiger partial charge < -0.3 is 20.4 Å². The first kappa shape index (κ1) is 14.1. The van der Waals surface area contributed by atoms with Gasteiger partial charge in [-0.15, -0.1) is 0 Å². The van der Waals surface area contributed by atoms with E-state index in [1.54, 1.807) is 6.92 Å². The van der Waals surface area contributed by atoms with E-state index in [1.165, 1.54) is 13.0 Å². The summed E-state index contributed by atoms with van der Waals surface area (Å²) in [5, 5.41) is 36.1. The summed E-state index contributed by atoms with van der Waals surface area (Å²) in [4.78, 5) is 10.6. The van der Waals surface area contributed by atoms with Crippen LogP contribution in [-0.2, 0) is 4.79 Å². The molecule has 0 aromatic rings. The summed E-state index contributed by atoms with van der Waals surface area (Å²) < 4.78 is 0. The number of aliphatic hydroxyl groups is 3. The minimum absolute atomic E-state index is 0.0402. The lowest BCUT2D eigenvalue weighted by atomic mass is 9.76. The zero-order valence-corrected chi connectivity index (χ0v) is 8.97. The summed E-state index contributed by atoms with van der Waals surface area (Å²) >= 11 is 0. The molecule has 0 aromatic carbocycles. The Balaban J connectivity index is 5.11. The van der Waals surface area contributed by atoms with Crippen molar-refractivity contribution in [2.45, 2.75) is 13.8 Å². The van der Waals surface area contributed by atoms with E-state index >= 15 is 0 Å². The topological polar surface area (TPSA) is 98.0 Å². The quantitative estimate of drug-likeness (QED) is 0.455. The van der Waals surface area contributed by atoms with E-state index in [0.29, 0.717) is 0 Å². The van der Waals surface area contributed by atoms with Crippen LogP contribution in [0.15, 0.2) is 11.6 Å². The molecular formula is C10H18O5. The van der Waals surface area contributed by atoms with E-state index in [0.717, 1.165) is 0 Å². The van der Waals surface area contributed by atoms with E-state index in [2.05, 4.69) is 0 Å². The normalized spacial score (nSPS) is 15.1. The van der Waals surface area contributed by atoms with Crippen molar-refractivity contribution in [1.82, 2.24) is 0 Å². The summed E-state index contributed by atoms with van der Waals surface area (Å²) in [6, 6.07) is 0. The van der Waals surface area contributed by atoms with Gasteiger partial charge in [-0.25, -0.2) is 4.79 Å². The molecule has 0 amide bonds. The van der Waals surface area contributed by atoms with Crippen LogP contribution in [0.25, 0.3) is 0 Å². The largest absolute Gasteiger partial charge is 0.478 e. The predicted octanol–water partition coefficient (Wildman–Crippen LogP) is -0.383. The summed E-state index contributed by atoms with van der Waals surface area (Å²) in [6.45, 7) is 1.97. The van der Waals surface area contributed by atoms with Crippen LogP contribution in [0.4, 0.5) is 0 Å². The highest BCUT2D eigenvalue weighted by Gasteiger charge is 2.33. The van der Waals surface area contributed by atoms with Crippen molar-refractivity contribution in [3.63, 3.8) is 0 Å². The smallest absolute Gasteiger partial charge is 0.330 e. The standard InChI is InChI=1S/C10H18O5/c1-7(9(14)15)3-10(5-12,6-13)8(2)4-11/h3,8,11-13H,4-6H2,1-2H3,(H,14,15). The van der Waals surface area contributed by atoms with Crippen molar-refractivity contribution in [2.24, 2.45) is 11.3 Å². The van der Waals surface area contributed by atoms with Crippen molar-refractivity contribution in [1.29, 1.82) is 0 Å². The second-order valence-corrected chi connectivity index (χ2v) is 3.77. The van der Waals surface area contributed by atoms with Crippen LogP contribution in [0.3, 0.4) is 0 Å². The number of carboxylic acid groups (broad SMARTS) is 1. The van der Waals surface area contributed by atoms with Crippen molar-refractivity contribution in [3.8, 4) is 0 Å². The average Bonchev–Trinajstić information content (AvgIpc) is 2.24. The SMILES string of the molecule is CC(=CC(CO)(CO)C(C)CO)C(=O)O. The van der Waals surface area contributed by atoms with Gasteiger partial charge in [0.15, 0.2) is 0 Å². The molecule has 0 radical (unpaired) electrons. The molecule has 5 nitrogen and oxygen atoms in total. The zero-order valence-electron chi connectivity index (χ0n) is 8.97. The molecule has 0 aliphatic carbocycles. The highest BCUT2D eigenvalue weighted by molar-refractivity contribution is 5.85. The van der Waals surface area contributed by atoms with Gasteiger partial charge >= 0.3 is 5.97 Å². The Morgan fingerprint density at radius 1 is 1.33 bits per heavy atom. The van der Waals surface area contributed by atoms with Gasteiger partial charge in [0, 0.05) is 17.6 Å². The zero-order chi connectivity index (χ0) is 12.1. The maximum absolute atomic E-state index is 10.6. The van der Waals surface area contributed by atoms with Crippen LogP contribution in [0, 0.1) is 11.3 Å². The van der Waals surface area contributed by atoms with Crippen LogP contribution in [-0.4, -0.2) is 46.2 Å². The summed E-state index contributed by atoms with van der Waals surface area (Å²) in [7, 11) is 0. The van der Waals surface area contributed by atoms with Gasteiger partial charge in [0.1, 0.15) is 0 Å². The second-order valence-electron chi connectivity index (χ2n) is 3.77. The molecule has 5 heteroatoms. The molecule has 88 valence electrons. The van der Waals surface area contributed by atoms with Gasteiger partial charge in [-0.1, -0.05) is 13.0 Å². The van der Waals surface area contributed by atoms with E-state index in [-0.39, 0.29) is 12.2 Å². The molecule has 0 spiro atoms. The fourth-order valence-electron chi connectivity index (χ4n) is 1.27. The number of carboxylic acids is 1. The molecule has 0 aliphatic heterocycles. The highest BCUT2D eigenvalue weighted by Crippen LogP contribution is 2.29. The molecule has 0 heterocycles. The van der Waals surface area contributed by atoms with E-state index in [4.69, 9.17) is 10.2 Å². The van der Waals surface area contributed by atoms with Crippen molar-refractivity contribution in [2.75, 3.05) is 19.8 Å². The number of aliphatic hydroxyl groups excluding tert-OH is 3. The van der Waals surface area contributed by atoms with Crippen LogP contribution < -0.4 is 0 Å². The number of hydrogen-bond donors (Lipinski definition) is 4. The Hall–Kier alpha value is -0.910. The number of hydrogen-bond acceptors (Lipinski definition) is 4. The molecule has 4 N–H and O–H groups in total. The predicted molar refractivity (Wildman–Crippen MR) is 54.2 cm³/mol. The number of rotatable bonds is 6. The van der Waals surface area contributed by atoms with Gasteiger partial charge in [0.25, 0.3) is 0 Å². The van der Waals surface area contributed by atoms with Gasteiger partial charge in [-0.2, -0.15) is 0 Å². The summed E-state index contributed by atoms with van der Waals surface area (Å²) in [5.41, 5.74) is -1.05. The van der Waals surface area contributed by atoms with Crippen LogP contribution in [0.5, 0.6) is 0 Å². The molecule has 1 atom stereocenters. The maximum atomic E-state index is 10.6. The van der Waals surface area contributed by atoms with Crippen molar-refractivity contribution < 1.29 is 25.2 Å². The van der Waals surface area contributed by atoms with Crippen LogP contribution in [0.1, 0.15) is 13.8 Å². The molecule has 0 aromatic heterocycles. The average molecular weight is 218 g/mol. The molecule has 15 heavy (non-hydrogen) atoms. The first-order chi connectivity index (χ1) is 6.93. The summed E-state index contributed by atoms with van der Waals surface area (Å²) in [5.74, 6) is -1.52. The molecular weight excluding hydrogens is 200 g/mol. The van der Waals surface area contributed by atoms with E-state index in [9.17, 15) is 15.0 Å². The first-order valence-corrected chi connectivity index (χ1v) is 4.69. The maximum Gasteiger partial charge on any atom is 0.330 e. The molecule has 0 fully saturated rings. The molecule has 0 aliphatic rings. The minimum Gasteiger partial charge on any atom is -0.478 e. The molecule has 0 saturated carbocycles. The van der Waals surface area contributed by atoms with Gasteiger partial charge in [-0.3, -0.25) is 0 Å². The van der Waals surface area contributed by atoms with Crippen LogP contribution >= 0.6 is 0 Å². The second kappa shape index (κ2) is 5.85. The third-order valence-corrected chi connectivity index (χ3v) is 2.69. The number of carbonyl (C=O) groups is 1. The summed E-state index contributed by atoms with van der Waals surface area (Å²) in [6.07, 6.45) is 1.30. The Morgan fingerprint density at radius 2 is 1.80 bits per heavy atom.